The van der Waals surface area contributed by atoms with E-state index in [1.807, 2.05) is 49.4 Å². The molecule has 1 aromatic heterocycles. The average molecular weight is 568 g/mol. The van der Waals surface area contributed by atoms with Crippen molar-refractivity contribution in [2.45, 2.75) is 26.1 Å². The normalized spacial score (nSPS) is 11.6. The van der Waals surface area contributed by atoms with Gasteiger partial charge in [-0.1, -0.05) is 53.7 Å². The molecule has 1 N–H and O–H groups in total. The van der Waals surface area contributed by atoms with E-state index in [-0.39, 0.29) is 13.1 Å². The molecule has 1 atom stereocenters. The molecule has 5 rings (SSSR count). The molecule has 0 bridgehead atoms. The second-order valence-corrected chi connectivity index (χ2v) is 9.70. The van der Waals surface area contributed by atoms with Crippen molar-refractivity contribution >= 4 is 28.5 Å². The lowest BCUT2D eigenvalue weighted by atomic mass is 10.0. The average Bonchev–Trinajstić information content (AvgIpc) is 3.40. The Kier molecular flexibility index (Phi) is 8.42. The van der Waals surface area contributed by atoms with Gasteiger partial charge in [0.1, 0.15) is 35.4 Å². The topological polar surface area (TPSA) is 98.6 Å². The van der Waals surface area contributed by atoms with Crippen LogP contribution in [0.4, 0.5) is 10.1 Å². The highest BCUT2D eigenvalue weighted by Gasteiger charge is 2.33. The molecule has 214 valence electrons. The van der Waals surface area contributed by atoms with Gasteiger partial charge >= 0.3 is 0 Å². The van der Waals surface area contributed by atoms with Gasteiger partial charge in [0.15, 0.2) is 0 Å². The summed E-state index contributed by atoms with van der Waals surface area (Å²) in [6, 6.07) is 24.4. The maximum absolute atomic E-state index is 14.6. The molecule has 42 heavy (non-hydrogen) atoms. The zero-order valence-electron chi connectivity index (χ0n) is 23.5. The van der Waals surface area contributed by atoms with Gasteiger partial charge < -0.3 is 19.7 Å². The molecule has 0 saturated heterocycles. The minimum atomic E-state index is -1.20. The minimum Gasteiger partial charge on any atom is -0.497 e. The number of fused-ring (bicyclic) bond motifs is 1. The van der Waals surface area contributed by atoms with Crippen LogP contribution in [0.2, 0.25) is 0 Å². The van der Waals surface area contributed by atoms with Crippen LogP contribution in [-0.4, -0.2) is 45.9 Å². The molecule has 0 aliphatic carbocycles. The van der Waals surface area contributed by atoms with Crippen molar-refractivity contribution in [3.05, 3.63) is 114 Å². The Hall–Kier alpha value is -5.25. The fourth-order valence-corrected chi connectivity index (χ4v) is 4.80. The number of aryl methyl sites for hydroxylation is 1. The van der Waals surface area contributed by atoms with Gasteiger partial charge in [-0.2, -0.15) is 0 Å². The van der Waals surface area contributed by atoms with Crippen molar-refractivity contribution in [1.29, 1.82) is 0 Å². The predicted octanol–water partition coefficient (Wildman–Crippen LogP) is 5.30. The number of rotatable bonds is 10. The van der Waals surface area contributed by atoms with E-state index in [1.54, 1.807) is 30.3 Å². The second kappa shape index (κ2) is 12.5. The van der Waals surface area contributed by atoms with E-state index >= 15 is 0 Å². The van der Waals surface area contributed by atoms with Gasteiger partial charge in [-0.05, 0) is 60.0 Å². The quantitative estimate of drug-likeness (QED) is 0.246. The number of halogens is 1. The van der Waals surface area contributed by atoms with Crippen molar-refractivity contribution in [2.24, 2.45) is 0 Å². The summed E-state index contributed by atoms with van der Waals surface area (Å²) in [5.74, 6) is -0.568. The number of para-hydroxylation sites is 1. The molecule has 4 aromatic carbocycles. The predicted molar refractivity (Wildman–Crippen MR) is 157 cm³/mol. The zero-order valence-corrected chi connectivity index (χ0v) is 23.5. The Morgan fingerprint density at radius 2 is 1.74 bits per heavy atom. The fourth-order valence-electron chi connectivity index (χ4n) is 4.80. The Labute approximate surface area is 242 Å². The van der Waals surface area contributed by atoms with Gasteiger partial charge in [0, 0.05) is 12.6 Å². The first-order chi connectivity index (χ1) is 20.4. The highest BCUT2D eigenvalue weighted by molar-refractivity contribution is 5.99. The summed E-state index contributed by atoms with van der Waals surface area (Å²) in [5.41, 5.74) is 3.78. The zero-order chi connectivity index (χ0) is 29.6. The van der Waals surface area contributed by atoms with E-state index in [0.29, 0.717) is 33.8 Å². The summed E-state index contributed by atoms with van der Waals surface area (Å²) in [4.78, 5) is 29.7. The number of ether oxygens (including phenoxy) is 2. The van der Waals surface area contributed by atoms with E-state index in [0.717, 1.165) is 11.1 Å². The Balaban J connectivity index is 1.58. The van der Waals surface area contributed by atoms with Crippen LogP contribution in [0, 0.1) is 12.7 Å². The van der Waals surface area contributed by atoms with Crippen LogP contribution < -0.4 is 14.8 Å². The summed E-state index contributed by atoms with van der Waals surface area (Å²) < 4.78 is 26.8. The molecular weight excluding hydrogens is 537 g/mol. The number of methoxy groups -OCH3 is 2. The van der Waals surface area contributed by atoms with Crippen molar-refractivity contribution < 1.29 is 23.5 Å². The van der Waals surface area contributed by atoms with Crippen LogP contribution in [0.3, 0.4) is 0 Å². The molecule has 0 aliphatic rings. The van der Waals surface area contributed by atoms with Crippen LogP contribution in [0.25, 0.3) is 11.0 Å². The molecule has 0 radical (unpaired) electrons. The third kappa shape index (κ3) is 6.07. The van der Waals surface area contributed by atoms with Gasteiger partial charge in [-0.25, -0.2) is 9.07 Å². The highest BCUT2D eigenvalue weighted by Crippen LogP contribution is 2.32. The molecule has 1 unspecified atom stereocenters. The van der Waals surface area contributed by atoms with Crippen molar-refractivity contribution in [1.82, 2.24) is 19.9 Å². The molecular formula is C32H30FN5O4. The van der Waals surface area contributed by atoms with Gasteiger partial charge in [0.05, 0.1) is 25.4 Å². The molecule has 2 amide bonds. The molecule has 0 fully saturated rings. The van der Waals surface area contributed by atoms with Gasteiger partial charge in [0.25, 0.3) is 5.91 Å². The maximum atomic E-state index is 14.6. The number of hydrogen-bond donors (Lipinski definition) is 1. The SMILES string of the molecule is COc1ccc(NC(=O)C(c2cccc(F)c2)N(Cc2ccccc2C)C(=O)Cn2nnc3ccccc32)c(OC)c1. The summed E-state index contributed by atoms with van der Waals surface area (Å²) >= 11 is 0. The van der Waals surface area contributed by atoms with Crippen molar-refractivity contribution in [3.8, 4) is 11.5 Å². The Morgan fingerprint density at radius 3 is 2.50 bits per heavy atom. The third-order valence-corrected chi connectivity index (χ3v) is 7.02. The molecule has 1 heterocycles. The number of amides is 2. The van der Waals surface area contributed by atoms with Gasteiger partial charge in [-0.3, -0.25) is 9.59 Å². The lowest BCUT2D eigenvalue weighted by Crippen LogP contribution is -2.42. The minimum absolute atomic E-state index is 0.0898. The summed E-state index contributed by atoms with van der Waals surface area (Å²) in [5, 5.41) is 11.2. The van der Waals surface area contributed by atoms with Crippen molar-refractivity contribution in [2.75, 3.05) is 19.5 Å². The van der Waals surface area contributed by atoms with E-state index in [9.17, 15) is 14.0 Å². The Morgan fingerprint density at radius 1 is 0.952 bits per heavy atom. The van der Waals surface area contributed by atoms with Gasteiger partial charge in [-0.15, -0.1) is 5.10 Å². The van der Waals surface area contributed by atoms with E-state index in [1.165, 1.54) is 42.0 Å². The molecule has 0 aliphatic heterocycles. The van der Waals surface area contributed by atoms with Crippen molar-refractivity contribution in [3.63, 3.8) is 0 Å². The first kappa shape index (κ1) is 28.3. The number of carbonyl (C=O) groups excluding carboxylic acids is 2. The first-order valence-electron chi connectivity index (χ1n) is 13.3. The smallest absolute Gasteiger partial charge is 0.251 e. The van der Waals surface area contributed by atoms with Gasteiger partial charge in [0.2, 0.25) is 5.91 Å². The fraction of sp³-hybridized carbons (Fsp3) is 0.188. The number of anilines is 1. The van der Waals surface area contributed by atoms with Crippen LogP contribution >= 0.6 is 0 Å². The molecule has 0 saturated carbocycles. The summed E-state index contributed by atoms with van der Waals surface area (Å²) in [6.07, 6.45) is 0. The number of hydrogen-bond acceptors (Lipinski definition) is 6. The van der Waals surface area contributed by atoms with E-state index in [2.05, 4.69) is 15.6 Å². The van der Waals surface area contributed by atoms with Crippen LogP contribution in [0.1, 0.15) is 22.7 Å². The lowest BCUT2D eigenvalue weighted by Gasteiger charge is -2.32. The summed E-state index contributed by atoms with van der Waals surface area (Å²) in [7, 11) is 3.01. The maximum Gasteiger partial charge on any atom is 0.251 e. The number of benzene rings is 4. The molecule has 0 spiro atoms. The monoisotopic (exact) mass is 567 g/mol. The van der Waals surface area contributed by atoms with Crippen LogP contribution in [-0.2, 0) is 22.7 Å². The third-order valence-electron chi connectivity index (χ3n) is 7.02. The second-order valence-electron chi connectivity index (χ2n) is 9.70. The molecule has 5 aromatic rings. The number of nitrogens with one attached hydrogen (secondary N) is 1. The number of aromatic nitrogens is 3. The number of nitrogens with zero attached hydrogens (tertiary/aromatic N) is 4. The van der Waals surface area contributed by atoms with E-state index in [4.69, 9.17) is 9.47 Å². The number of carbonyl (C=O) groups is 2. The van der Waals surface area contributed by atoms with Crippen LogP contribution in [0.5, 0.6) is 11.5 Å². The Bertz CT molecular complexity index is 1740. The lowest BCUT2D eigenvalue weighted by molar-refractivity contribution is -0.140. The molecule has 9 nitrogen and oxygen atoms in total. The standard InChI is InChI=1S/C32H30FN5O4/c1-21-9-4-5-10-23(21)19-37(30(39)20-38-28-14-7-6-13-26(28)35-36-38)31(22-11-8-12-24(33)17-22)32(40)34-27-16-15-25(41-2)18-29(27)42-3/h4-18,31H,19-20H2,1-3H3,(H,34,40). The molecule has 10 heteroatoms. The highest BCUT2D eigenvalue weighted by atomic mass is 19.1. The summed E-state index contributed by atoms with van der Waals surface area (Å²) in [6.45, 7) is 1.84. The van der Waals surface area contributed by atoms with E-state index < -0.39 is 23.7 Å². The first-order valence-corrected chi connectivity index (χ1v) is 13.3. The largest absolute Gasteiger partial charge is 0.497 e. The van der Waals surface area contributed by atoms with Crippen LogP contribution in [0.15, 0.2) is 91.0 Å².